The second-order valence-corrected chi connectivity index (χ2v) is 5.34. The predicted octanol–water partition coefficient (Wildman–Crippen LogP) is 0.885. The van der Waals surface area contributed by atoms with E-state index in [0.717, 1.165) is 13.0 Å². The zero-order valence-electron chi connectivity index (χ0n) is 12.0. The zero-order valence-corrected chi connectivity index (χ0v) is 12.0. The van der Waals surface area contributed by atoms with E-state index in [2.05, 4.69) is 0 Å². The second-order valence-electron chi connectivity index (χ2n) is 5.34. The third kappa shape index (κ3) is 4.54. The summed E-state index contributed by atoms with van der Waals surface area (Å²) in [6.07, 6.45) is 0.908. The Balaban J connectivity index is 2.75. The normalized spacial score (nSPS) is 11.4. The van der Waals surface area contributed by atoms with Gasteiger partial charge in [-0.2, -0.15) is 0 Å². The van der Waals surface area contributed by atoms with Crippen LogP contribution in [0.1, 0.15) is 16.8 Å². The number of hydrogen-bond donors (Lipinski definition) is 2. The van der Waals surface area contributed by atoms with Crippen LogP contribution in [-0.4, -0.2) is 51.1 Å². The van der Waals surface area contributed by atoms with Crippen molar-refractivity contribution < 1.29 is 14.0 Å². The lowest BCUT2D eigenvalue weighted by Gasteiger charge is -2.28. The highest BCUT2D eigenvalue weighted by atomic mass is 16.5. The number of ketones is 1. The van der Waals surface area contributed by atoms with Gasteiger partial charge in [0, 0.05) is 12.0 Å². The summed E-state index contributed by atoms with van der Waals surface area (Å²) in [6, 6.07) is 5.15. The van der Waals surface area contributed by atoms with Crippen LogP contribution < -0.4 is 16.2 Å². The Morgan fingerprint density at radius 2 is 2.05 bits per heavy atom. The third-order valence-electron chi connectivity index (χ3n) is 3.09. The van der Waals surface area contributed by atoms with Crippen LogP contribution in [0, 0.1) is 0 Å². The van der Waals surface area contributed by atoms with Crippen molar-refractivity contribution >= 4 is 11.5 Å². The van der Waals surface area contributed by atoms with Crippen LogP contribution in [-0.2, 0) is 0 Å². The van der Waals surface area contributed by atoms with E-state index in [4.69, 9.17) is 16.2 Å². The number of anilines is 1. The summed E-state index contributed by atoms with van der Waals surface area (Å²) in [5.41, 5.74) is 12.4. The van der Waals surface area contributed by atoms with Gasteiger partial charge in [-0.3, -0.25) is 4.79 Å². The van der Waals surface area contributed by atoms with Crippen LogP contribution in [0.5, 0.6) is 5.75 Å². The molecule has 5 nitrogen and oxygen atoms in total. The van der Waals surface area contributed by atoms with Crippen LogP contribution in [0.4, 0.5) is 5.69 Å². The number of benzene rings is 1. The number of ether oxygens (including phenoxy) is 1. The fraction of sp³-hybridized carbons (Fsp3) is 0.500. The van der Waals surface area contributed by atoms with Crippen LogP contribution in [0.25, 0.3) is 0 Å². The molecule has 0 saturated carbocycles. The van der Waals surface area contributed by atoms with Gasteiger partial charge >= 0.3 is 0 Å². The van der Waals surface area contributed by atoms with E-state index in [0.29, 0.717) is 34.6 Å². The summed E-state index contributed by atoms with van der Waals surface area (Å²) >= 11 is 0. The number of nitrogens with two attached hydrogens (primary N) is 2. The van der Waals surface area contributed by atoms with E-state index >= 15 is 0 Å². The predicted molar refractivity (Wildman–Crippen MR) is 77.3 cm³/mol. The van der Waals surface area contributed by atoms with Gasteiger partial charge in [-0.1, -0.05) is 0 Å². The molecule has 0 fully saturated rings. The number of carbonyl (C=O) groups is 1. The molecule has 1 rings (SSSR count). The number of Topliss-reactive ketones (excluding diaryl/α,β-unsaturated/α-hetero) is 1. The molecule has 0 aromatic heterocycles. The largest absolute Gasteiger partial charge is 0.495 e. The summed E-state index contributed by atoms with van der Waals surface area (Å²) < 4.78 is 5.71. The van der Waals surface area contributed by atoms with Crippen molar-refractivity contribution in [1.82, 2.24) is 0 Å². The molecule has 5 heteroatoms. The minimum atomic E-state index is 0.0800. The van der Waals surface area contributed by atoms with E-state index in [9.17, 15) is 4.79 Å². The summed E-state index contributed by atoms with van der Waals surface area (Å²) in [7, 11) is 5.61. The Kier molecular flexibility index (Phi) is 5.32. The Morgan fingerprint density at radius 3 is 2.58 bits per heavy atom. The third-order valence-corrected chi connectivity index (χ3v) is 3.09. The number of nitrogens with zero attached hydrogens (tertiary/aromatic N) is 1. The van der Waals surface area contributed by atoms with Gasteiger partial charge in [-0.15, -0.1) is 0 Å². The maximum Gasteiger partial charge on any atom is 0.216 e. The van der Waals surface area contributed by atoms with Crippen molar-refractivity contribution in [3.63, 3.8) is 0 Å². The van der Waals surface area contributed by atoms with Crippen LogP contribution in [0.3, 0.4) is 0 Å². The highest BCUT2D eigenvalue weighted by Gasteiger charge is 2.21. The average Bonchev–Trinajstić information content (AvgIpc) is 2.35. The van der Waals surface area contributed by atoms with Gasteiger partial charge in [-0.25, -0.2) is 0 Å². The molecule has 0 unspecified atom stereocenters. The summed E-state index contributed by atoms with van der Waals surface area (Å²) in [5, 5.41) is 0. The molecular weight excluding hydrogens is 242 g/mol. The number of hydrogen-bond acceptors (Lipinski definition) is 4. The maximum absolute atomic E-state index is 12.2. The molecule has 0 aliphatic carbocycles. The summed E-state index contributed by atoms with van der Waals surface area (Å²) in [4.78, 5) is 12.2. The Labute approximate surface area is 114 Å². The van der Waals surface area contributed by atoms with E-state index in [1.54, 1.807) is 25.3 Å². The maximum atomic E-state index is 12.2. The molecule has 0 spiro atoms. The Bertz CT molecular complexity index is 444. The molecule has 0 amide bonds. The van der Waals surface area contributed by atoms with Crippen molar-refractivity contribution in [2.75, 3.05) is 46.6 Å². The SMILES string of the molecule is COc1ccc(C(=O)C[N+](C)(C)CCCN)cc1N. The Hall–Kier alpha value is -1.59. The molecular formula is C14H24N3O2+. The number of methoxy groups -OCH3 is 1. The molecule has 106 valence electrons. The van der Waals surface area contributed by atoms with E-state index < -0.39 is 0 Å². The van der Waals surface area contributed by atoms with Gasteiger partial charge in [-0.05, 0) is 24.7 Å². The van der Waals surface area contributed by atoms with Crippen LogP contribution in [0.15, 0.2) is 18.2 Å². The second kappa shape index (κ2) is 6.54. The highest BCUT2D eigenvalue weighted by Crippen LogP contribution is 2.22. The first-order valence-electron chi connectivity index (χ1n) is 6.38. The number of quaternary nitrogens is 1. The molecule has 19 heavy (non-hydrogen) atoms. The molecule has 0 heterocycles. The van der Waals surface area contributed by atoms with Gasteiger partial charge < -0.3 is 20.7 Å². The van der Waals surface area contributed by atoms with Gasteiger partial charge in [0.15, 0.2) is 0 Å². The monoisotopic (exact) mass is 266 g/mol. The molecule has 0 bridgehead atoms. The van der Waals surface area contributed by atoms with E-state index in [1.807, 2.05) is 14.1 Å². The zero-order chi connectivity index (χ0) is 14.5. The van der Waals surface area contributed by atoms with Crippen molar-refractivity contribution in [2.45, 2.75) is 6.42 Å². The van der Waals surface area contributed by atoms with Crippen molar-refractivity contribution in [3.8, 4) is 5.75 Å². The summed E-state index contributed by atoms with van der Waals surface area (Å²) in [5.74, 6) is 0.671. The molecule has 0 atom stereocenters. The number of rotatable bonds is 7. The van der Waals surface area contributed by atoms with Gasteiger partial charge in [0.05, 0.1) is 33.4 Å². The first kappa shape index (κ1) is 15.5. The molecule has 4 N–H and O–H groups in total. The van der Waals surface area contributed by atoms with Crippen molar-refractivity contribution in [3.05, 3.63) is 23.8 Å². The van der Waals surface area contributed by atoms with Gasteiger partial charge in [0.2, 0.25) is 5.78 Å². The molecule has 1 aromatic carbocycles. The lowest BCUT2D eigenvalue weighted by molar-refractivity contribution is -0.881. The van der Waals surface area contributed by atoms with Crippen molar-refractivity contribution in [2.24, 2.45) is 5.73 Å². The first-order valence-corrected chi connectivity index (χ1v) is 6.38. The first-order chi connectivity index (χ1) is 8.89. The highest BCUT2D eigenvalue weighted by molar-refractivity contribution is 5.98. The van der Waals surface area contributed by atoms with Gasteiger partial charge in [0.25, 0.3) is 0 Å². The minimum Gasteiger partial charge on any atom is -0.495 e. The fourth-order valence-corrected chi connectivity index (χ4v) is 1.99. The lowest BCUT2D eigenvalue weighted by Crippen LogP contribution is -2.45. The quantitative estimate of drug-likeness (QED) is 0.436. The molecule has 0 aliphatic rings. The summed E-state index contributed by atoms with van der Waals surface area (Å²) in [6.45, 7) is 1.96. The van der Waals surface area contributed by atoms with E-state index in [1.165, 1.54) is 0 Å². The smallest absolute Gasteiger partial charge is 0.216 e. The standard InChI is InChI=1S/C14H24N3O2/c1-17(2,8-4-7-15)10-13(18)11-5-6-14(19-3)12(16)9-11/h5-6,9H,4,7-8,10,15-16H2,1-3H3/q+1. The number of nitrogen functional groups attached to an aromatic ring is 1. The van der Waals surface area contributed by atoms with Crippen molar-refractivity contribution in [1.29, 1.82) is 0 Å². The topological polar surface area (TPSA) is 78.3 Å². The Morgan fingerprint density at radius 1 is 1.37 bits per heavy atom. The average molecular weight is 266 g/mol. The molecule has 0 saturated heterocycles. The molecule has 1 aromatic rings. The van der Waals surface area contributed by atoms with Gasteiger partial charge in [0.1, 0.15) is 12.3 Å². The molecule has 0 aliphatic heterocycles. The number of likely N-dealkylation sites (N-methyl/N-ethyl adjacent to an activating group) is 1. The van der Waals surface area contributed by atoms with Crippen LogP contribution in [0.2, 0.25) is 0 Å². The van der Waals surface area contributed by atoms with E-state index in [-0.39, 0.29) is 5.78 Å². The number of carbonyl (C=O) groups excluding carboxylic acids is 1. The minimum absolute atomic E-state index is 0.0800. The molecule has 0 radical (unpaired) electrons. The fourth-order valence-electron chi connectivity index (χ4n) is 1.99. The van der Waals surface area contributed by atoms with Crippen LogP contribution >= 0.6 is 0 Å². The lowest BCUT2D eigenvalue weighted by atomic mass is 10.1.